The average molecular weight is 401 g/mol. The number of hydrogen-bond acceptors (Lipinski definition) is 5. The van der Waals surface area contributed by atoms with E-state index < -0.39 is 5.60 Å². The first-order valence-corrected chi connectivity index (χ1v) is 11.3. The van der Waals surface area contributed by atoms with Gasteiger partial charge in [0, 0.05) is 37.0 Å². The SMILES string of the molecule is CC(C)(C)OC(=O)C1CC2CCCC2NC1c1ccc(NC2CCOCC2)cc1. The lowest BCUT2D eigenvalue weighted by Gasteiger charge is -2.40. The first-order chi connectivity index (χ1) is 13.9. The second-order valence-electron chi connectivity index (χ2n) is 9.97. The highest BCUT2D eigenvalue weighted by Crippen LogP contribution is 2.42. The van der Waals surface area contributed by atoms with Crippen LogP contribution >= 0.6 is 0 Å². The first-order valence-electron chi connectivity index (χ1n) is 11.3. The predicted octanol–water partition coefficient (Wildman–Crippen LogP) is 4.44. The van der Waals surface area contributed by atoms with E-state index in [2.05, 4.69) is 34.9 Å². The number of ether oxygens (including phenoxy) is 2. The van der Waals surface area contributed by atoms with E-state index in [1.165, 1.54) is 24.8 Å². The maximum atomic E-state index is 13.0. The summed E-state index contributed by atoms with van der Waals surface area (Å²) < 4.78 is 11.2. The minimum atomic E-state index is -0.453. The number of rotatable bonds is 4. The molecule has 1 aliphatic carbocycles. The summed E-state index contributed by atoms with van der Waals surface area (Å²) in [5, 5.41) is 7.43. The van der Waals surface area contributed by atoms with E-state index in [1.54, 1.807) is 0 Å². The van der Waals surface area contributed by atoms with Gasteiger partial charge in [0.25, 0.3) is 0 Å². The topological polar surface area (TPSA) is 59.6 Å². The molecule has 1 saturated carbocycles. The van der Waals surface area contributed by atoms with Crippen molar-refractivity contribution in [3.63, 3.8) is 0 Å². The molecule has 0 radical (unpaired) electrons. The number of nitrogens with one attached hydrogen (secondary N) is 2. The van der Waals surface area contributed by atoms with E-state index >= 15 is 0 Å². The summed E-state index contributed by atoms with van der Waals surface area (Å²) >= 11 is 0. The van der Waals surface area contributed by atoms with Gasteiger partial charge in [-0.15, -0.1) is 0 Å². The zero-order valence-electron chi connectivity index (χ0n) is 18.1. The number of fused-ring (bicyclic) bond motifs is 1. The molecule has 3 aliphatic rings. The van der Waals surface area contributed by atoms with Crippen LogP contribution in [0.2, 0.25) is 0 Å². The lowest BCUT2D eigenvalue weighted by molar-refractivity contribution is -0.163. The van der Waals surface area contributed by atoms with Gasteiger partial charge in [0.2, 0.25) is 0 Å². The van der Waals surface area contributed by atoms with Crippen molar-refractivity contribution in [2.75, 3.05) is 18.5 Å². The standard InChI is InChI=1S/C24H36N2O3/c1-24(2,3)29-23(27)20-15-17-5-4-6-21(17)26-22(20)16-7-9-18(10-8-16)25-19-11-13-28-14-12-19/h7-10,17,19-22,25-26H,4-6,11-15H2,1-3H3. The molecule has 2 saturated heterocycles. The van der Waals surface area contributed by atoms with Crippen LogP contribution in [0.4, 0.5) is 5.69 Å². The van der Waals surface area contributed by atoms with Crippen LogP contribution < -0.4 is 10.6 Å². The molecule has 4 rings (SSSR count). The zero-order chi connectivity index (χ0) is 20.4. The Kier molecular flexibility index (Phi) is 6.16. The fourth-order valence-electron chi connectivity index (χ4n) is 5.15. The quantitative estimate of drug-likeness (QED) is 0.732. The Morgan fingerprint density at radius 2 is 1.83 bits per heavy atom. The normalized spacial score (nSPS) is 30.6. The van der Waals surface area contributed by atoms with Gasteiger partial charge in [-0.2, -0.15) is 0 Å². The Bertz CT molecular complexity index is 691. The molecule has 5 heteroatoms. The molecule has 2 heterocycles. The lowest BCUT2D eigenvalue weighted by atomic mass is 9.78. The van der Waals surface area contributed by atoms with Crippen molar-refractivity contribution in [3.05, 3.63) is 29.8 Å². The monoisotopic (exact) mass is 400 g/mol. The molecule has 4 atom stereocenters. The molecule has 5 nitrogen and oxygen atoms in total. The number of carbonyl (C=O) groups excluding carboxylic acids is 1. The second-order valence-corrected chi connectivity index (χ2v) is 9.97. The van der Waals surface area contributed by atoms with Gasteiger partial charge in [0.1, 0.15) is 5.60 Å². The summed E-state index contributed by atoms with van der Waals surface area (Å²) in [4.78, 5) is 13.0. The van der Waals surface area contributed by atoms with Crippen LogP contribution in [0.25, 0.3) is 0 Å². The van der Waals surface area contributed by atoms with E-state index in [-0.39, 0.29) is 17.9 Å². The number of hydrogen-bond donors (Lipinski definition) is 2. The van der Waals surface area contributed by atoms with Gasteiger partial charge >= 0.3 is 5.97 Å². The molecule has 0 bridgehead atoms. The van der Waals surface area contributed by atoms with Gasteiger partial charge in [-0.25, -0.2) is 0 Å². The molecule has 3 fully saturated rings. The highest BCUT2D eigenvalue weighted by molar-refractivity contribution is 5.74. The molecule has 1 aromatic rings. The van der Waals surface area contributed by atoms with Crippen molar-refractivity contribution < 1.29 is 14.3 Å². The third kappa shape index (κ3) is 5.13. The predicted molar refractivity (Wildman–Crippen MR) is 115 cm³/mol. The van der Waals surface area contributed by atoms with Crippen molar-refractivity contribution in [2.24, 2.45) is 11.8 Å². The van der Waals surface area contributed by atoms with Gasteiger partial charge < -0.3 is 20.1 Å². The highest BCUT2D eigenvalue weighted by atomic mass is 16.6. The van der Waals surface area contributed by atoms with Crippen LogP contribution in [0.5, 0.6) is 0 Å². The van der Waals surface area contributed by atoms with Crippen LogP contribution in [0.15, 0.2) is 24.3 Å². The van der Waals surface area contributed by atoms with Crippen LogP contribution in [0.1, 0.15) is 70.9 Å². The van der Waals surface area contributed by atoms with Crippen molar-refractivity contribution in [3.8, 4) is 0 Å². The molecule has 0 aromatic heterocycles. The first kappa shape index (κ1) is 20.7. The average Bonchev–Trinajstić information content (AvgIpc) is 3.15. The van der Waals surface area contributed by atoms with Crippen molar-refractivity contribution in [1.82, 2.24) is 5.32 Å². The zero-order valence-corrected chi connectivity index (χ0v) is 18.1. The van der Waals surface area contributed by atoms with Crippen LogP contribution in [0, 0.1) is 11.8 Å². The lowest BCUT2D eigenvalue weighted by Crippen LogP contribution is -2.48. The fourth-order valence-corrected chi connectivity index (χ4v) is 5.15. The minimum absolute atomic E-state index is 0.0290. The van der Waals surface area contributed by atoms with Gasteiger partial charge in [-0.3, -0.25) is 4.79 Å². The van der Waals surface area contributed by atoms with E-state index in [9.17, 15) is 4.79 Å². The van der Waals surface area contributed by atoms with E-state index in [0.29, 0.717) is 18.0 Å². The third-order valence-electron chi connectivity index (χ3n) is 6.58. The molecule has 0 spiro atoms. The van der Waals surface area contributed by atoms with Gasteiger partial charge in [-0.05, 0) is 76.5 Å². The van der Waals surface area contributed by atoms with Crippen molar-refractivity contribution in [1.29, 1.82) is 0 Å². The Hall–Kier alpha value is -1.59. The number of anilines is 1. The van der Waals surface area contributed by atoms with Gasteiger partial charge in [-0.1, -0.05) is 18.6 Å². The fraction of sp³-hybridized carbons (Fsp3) is 0.708. The molecule has 0 amide bonds. The highest BCUT2D eigenvalue weighted by Gasteiger charge is 2.44. The Labute approximate surface area is 174 Å². The molecular formula is C24H36N2O3. The number of piperidine rings is 1. The number of carbonyl (C=O) groups is 1. The summed E-state index contributed by atoms with van der Waals surface area (Å²) in [6, 6.07) is 9.69. The molecule has 2 N–H and O–H groups in total. The molecule has 2 aliphatic heterocycles. The maximum Gasteiger partial charge on any atom is 0.311 e. The Morgan fingerprint density at radius 3 is 2.52 bits per heavy atom. The van der Waals surface area contributed by atoms with Crippen molar-refractivity contribution in [2.45, 2.75) is 83.0 Å². The smallest absolute Gasteiger partial charge is 0.311 e. The third-order valence-corrected chi connectivity index (χ3v) is 6.58. The molecule has 4 unspecified atom stereocenters. The van der Waals surface area contributed by atoms with Crippen LogP contribution in [0.3, 0.4) is 0 Å². The Balaban J connectivity index is 1.49. The van der Waals surface area contributed by atoms with E-state index in [1.807, 2.05) is 20.8 Å². The molecular weight excluding hydrogens is 364 g/mol. The van der Waals surface area contributed by atoms with Gasteiger partial charge in [0.05, 0.1) is 5.92 Å². The number of benzene rings is 1. The molecule has 1 aromatic carbocycles. The second kappa shape index (κ2) is 8.65. The molecule has 29 heavy (non-hydrogen) atoms. The Morgan fingerprint density at radius 1 is 1.10 bits per heavy atom. The van der Waals surface area contributed by atoms with Gasteiger partial charge in [0.15, 0.2) is 0 Å². The number of esters is 1. The summed E-state index contributed by atoms with van der Waals surface area (Å²) in [5.41, 5.74) is 1.87. The summed E-state index contributed by atoms with van der Waals surface area (Å²) in [5.74, 6) is 0.408. The van der Waals surface area contributed by atoms with Crippen LogP contribution in [-0.4, -0.2) is 36.9 Å². The largest absolute Gasteiger partial charge is 0.460 e. The summed E-state index contributed by atoms with van der Waals surface area (Å²) in [6.45, 7) is 7.52. The summed E-state index contributed by atoms with van der Waals surface area (Å²) in [7, 11) is 0. The summed E-state index contributed by atoms with van der Waals surface area (Å²) in [6.07, 6.45) is 6.72. The maximum absolute atomic E-state index is 13.0. The van der Waals surface area contributed by atoms with E-state index in [4.69, 9.17) is 9.47 Å². The minimum Gasteiger partial charge on any atom is -0.460 e. The van der Waals surface area contributed by atoms with Crippen molar-refractivity contribution >= 4 is 11.7 Å². The van der Waals surface area contributed by atoms with E-state index in [0.717, 1.165) is 38.2 Å². The van der Waals surface area contributed by atoms with Crippen LogP contribution in [-0.2, 0) is 14.3 Å². The molecule has 160 valence electrons.